The zero-order valence-electron chi connectivity index (χ0n) is 14.0. The number of nitrogens with zero attached hydrogens (tertiary/aromatic N) is 3. The predicted molar refractivity (Wildman–Crippen MR) is 93.6 cm³/mol. The van der Waals surface area contributed by atoms with E-state index >= 15 is 0 Å². The average Bonchev–Trinajstić information content (AvgIpc) is 2.83. The van der Waals surface area contributed by atoms with Gasteiger partial charge in [0.25, 0.3) is 0 Å². The molecule has 3 aromatic rings. The van der Waals surface area contributed by atoms with Crippen molar-refractivity contribution in [1.29, 1.82) is 0 Å². The van der Waals surface area contributed by atoms with E-state index in [1.54, 1.807) is 12.4 Å². The third-order valence-corrected chi connectivity index (χ3v) is 3.79. The van der Waals surface area contributed by atoms with Crippen LogP contribution in [0, 0.1) is 6.92 Å². The van der Waals surface area contributed by atoms with Crippen molar-refractivity contribution in [1.82, 2.24) is 14.5 Å². The molecule has 0 saturated carbocycles. The van der Waals surface area contributed by atoms with Gasteiger partial charge in [-0.3, -0.25) is 4.98 Å². The van der Waals surface area contributed by atoms with E-state index in [1.165, 1.54) is 11.1 Å². The monoisotopic (exact) mass is 307 g/mol. The number of fused-ring (bicyclic) bond motifs is 1. The molecule has 0 unspecified atom stereocenters. The topological polar surface area (TPSA) is 39.9 Å². The molecule has 0 amide bonds. The molecule has 0 N–H and O–H groups in total. The zero-order valence-corrected chi connectivity index (χ0v) is 14.0. The smallest absolute Gasteiger partial charge is 0.149 e. The molecular weight excluding hydrogens is 286 g/mol. The van der Waals surface area contributed by atoms with Crippen LogP contribution < -0.4 is 4.74 Å². The molecule has 23 heavy (non-hydrogen) atoms. The molecule has 3 rings (SSSR count). The third kappa shape index (κ3) is 3.11. The van der Waals surface area contributed by atoms with Gasteiger partial charge in [-0.15, -0.1) is 0 Å². The van der Waals surface area contributed by atoms with Gasteiger partial charge < -0.3 is 9.30 Å². The summed E-state index contributed by atoms with van der Waals surface area (Å²) in [5.74, 6) is 1.64. The van der Waals surface area contributed by atoms with Gasteiger partial charge in [-0.2, -0.15) is 0 Å². The van der Waals surface area contributed by atoms with Gasteiger partial charge in [-0.05, 0) is 50.6 Å². The lowest BCUT2D eigenvalue weighted by Gasteiger charge is -2.09. The van der Waals surface area contributed by atoms with Gasteiger partial charge >= 0.3 is 0 Å². The van der Waals surface area contributed by atoms with Crippen LogP contribution in [0.25, 0.3) is 22.4 Å². The Labute approximate surface area is 136 Å². The standard InChI is InChI=1S/C19H21N3O/c1-13(2)8-10-23-18-12-20-9-7-15(18)19-21-16-11-14(3)5-6-17(16)22(19)4/h5-9,11-12H,10H2,1-4H3. The molecule has 0 saturated heterocycles. The van der Waals surface area contributed by atoms with Crippen molar-refractivity contribution in [3.63, 3.8) is 0 Å². The average molecular weight is 307 g/mol. The second-order valence-corrected chi connectivity index (χ2v) is 5.95. The summed E-state index contributed by atoms with van der Waals surface area (Å²) in [6.45, 7) is 6.72. The summed E-state index contributed by atoms with van der Waals surface area (Å²) in [5.41, 5.74) is 5.50. The van der Waals surface area contributed by atoms with E-state index in [1.807, 2.05) is 13.1 Å². The summed E-state index contributed by atoms with van der Waals surface area (Å²) < 4.78 is 7.98. The van der Waals surface area contributed by atoms with Gasteiger partial charge in [-0.1, -0.05) is 11.6 Å². The molecule has 4 heteroatoms. The van der Waals surface area contributed by atoms with Crippen LogP contribution in [0.5, 0.6) is 5.75 Å². The second kappa shape index (κ2) is 6.24. The van der Waals surface area contributed by atoms with Gasteiger partial charge in [-0.25, -0.2) is 4.98 Å². The van der Waals surface area contributed by atoms with Crippen molar-refractivity contribution in [2.75, 3.05) is 6.61 Å². The van der Waals surface area contributed by atoms with Crippen molar-refractivity contribution < 1.29 is 4.74 Å². The van der Waals surface area contributed by atoms with Crippen molar-refractivity contribution in [2.24, 2.45) is 7.05 Å². The Morgan fingerprint density at radius 1 is 1.26 bits per heavy atom. The highest BCUT2D eigenvalue weighted by molar-refractivity contribution is 5.82. The molecule has 0 aliphatic carbocycles. The Bertz CT molecular complexity index is 873. The largest absolute Gasteiger partial charge is 0.487 e. The first kappa shape index (κ1) is 15.3. The Morgan fingerprint density at radius 2 is 2.09 bits per heavy atom. The number of rotatable bonds is 4. The fourth-order valence-corrected chi connectivity index (χ4v) is 2.53. The minimum Gasteiger partial charge on any atom is -0.487 e. The van der Waals surface area contributed by atoms with Gasteiger partial charge in [0.2, 0.25) is 0 Å². The molecular formula is C19H21N3O. The number of pyridine rings is 1. The highest BCUT2D eigenvalue weighted by Gasteiger charge is 2.14. The molecule has 4 nitrogen and oxygen atoms in total. The fraction of sp³-hybridized carbons (Fsp3) is 0.263. The molecule has 0 aliphatic rings. The first-order valence-corrected chi connectivity index (χ1v) is 7.70. The van der Waals surface area contributed by atoms with Crippen LogP contribution >= 0.6 is 0 Å². The first-order chi connectivity index (χ1) is 11.1. The number of hydrogen-bond acceptors (Lipinski definition) is 3. The summed E-state index contributed by atoms with van der Waals surface area (Å²) in [7, 11) is 2.03. The van der Waals surface area contributed by atoms with Gasteiger partial charge in [0.05, 0.1) is 22.8 Å². The molecule has 0 atom stereocenters. The number of imidazole rings is 1. The maximum atomic E-state index is 5.88. The number of aromatic nitrogens is 3. The molecule has 0 fully saturated rings. The molecule has 0 aliphatic heterocycles. The SMILES string of the molecule is CC(C)=CCOc1cnccc1-c1nc2cc(C)ccc2n1C. The van der Waals surface area contributed by atoms with E-state index in [9.17, 15) is 0 Å². The van der Waals surface area contributed by atoms with Gasteiger partial charge in [0.1, 0.15) is 18.2 Å². The number of allylic oxidation sites excluding steroid dienone is 1. The van der Waals surface area contributed by atoms with Crippen molar-refractivity contribution in [2.45, 2.75) is 20.8 Å². The van der Waals surface area contributed by atoms with Crippen LogP contribution in [0.3, 0.4) is 0 Å². The summed E-state index contributed by atoms with van der Waals surface area (Å²) in [4.78, 5) is 8.97. The Morgan fingerprint density at radius 3 is 2.87 bits per heavy atom. The molecule has 0 bridgehead atoms. The van der Waals surface area contributed by atoms with Gasteiger partial charge in [0.15, 0.2) is 0 Å². The van der Waals surface area contributed by atoms with E-state index in [0.29, 0.717) is 6.61 Å². The normalized spacial score (nSPS) is 10.8. The molecule has 2 heterocycles. The lowest BCUT2D eigenvalue weighted by atomic mass is 10.2. The lowest BCUT2D eigenvalue weighted by Crippen LogP contribution is -2.00. The van der Waals surface area contributed by atoms with Crippen LogP contribution in [0.2, 0.25) is 0 Å². The predicted octanol–water partition coefficient (Wildman–Crippen LogP) is 4.29. The van der Waals surface area contributed by atoms with E-state index < -0.39 is 0 Å². The number of aryl methyl sites for hydroxylation is 2. The maximum absolute atomic E-state index is 5.88. The molecule has 0 radical (unpaired) electrons. The van der Waals surface area contributed by atoms with Crippen LogP contribution in [0.15, 0.2) is 48.3 Å². The van der Waals surface area contributed by atoms with Crippen molar-refractivity contribution in [3.8, 4) is 17.1 Å². The first-order valence-electron chi connectivity index (χ1n) is 7.70. The third-order valence-electron chi connectivity index (χ3n) is 3.79. The van der Waals surface area contributed by atoms with Gasteiger partial charge in [0, 0.05) is 13.2 Å². The van der Waals surface area contributed by atoms with Crippen molar-refractivity contribution >= 4 is 11.0 Å². The van der Waals surface area contributed by atoms with E-state index in [4.69, 9.17) is 9.72 Å². The lowest BCUT2D eigenvalue weighted by molar-refractivity contribution is 0.361. The second-order valence-electron chi connectivity index (χ2n) is 5.95. The number of benzene rings is 1. The quantitative estimate of drug-likeness (QED) is 0.675. The Balaban J connectivity index is 2.05. The minimum absolute atomic E-state index is 0.532. The van der Waals surface area contributed by atoms with E-state index in [0.717, 1.165) is 28.2 Å². The highest BCUT2D eigenvalue weighted by atomic mass is 16.5. The Kier molecular flexibility index (Phi) is 4.15. The molecule has 118 valence electrons. The summed E-state index contributed by atoms with van der Waals surface area (Å²) >= 11 is 0. The van der Waals surface area contributed by atoms with Crippen LogP contribution in [-0.2, 0) is 7.05 Å². The number of ether oxygens (including phenoxy) is 1. The minimum atomic E-state index is 0.532. The van der Waals surface area contributed by atoms with Crippen LogP contribution in [0.1, 0.15) is 19.4 Å². The highest BCUT2D eigenvalue weighted by Crippen LogP contribution is 2.30. The summed E-state index contributed by atoms with van der Waals surface area (Å²) in [6.07, 6.45) is 5.57. The summed E-state index contributed by atoms with van der Waals surface area (Å²) in [5, 5.41) is 0. The molecule has 1 aromatic carbocycles. The van der Waals surface area contributed by atoms with Crippen molar-refractivity contribution in [3.05, 3.63) is 53.9 Å². The molecule has 2 aromatic heterocycles. The fourth-order valence-electron chi connectivity index (χ4n) is 2.53. The zero-order chi connectivity index (χ0) is 16.4. The van der Waals surface area contributed by atoms with Crippen LogP contribution in [-0.4, -0.2) is 21.1 Å². The number of hydrogen-bond donors (Lipinski definition) is 0. The Hall–Kier alpha value is -2.62. The van der Waals surface area contributed by atoms with Crippen LogP contribution in [0.4, 0.5) is 0 Å². The van der Waals surface area contributed by atoms with E-state index in [2.05, 4.69) is 54.6 Å². The maximum Gasteiger partial charge on any atom is 0.149 e. The summed E-state index contributed by atoms with van der Waals surface area (Å²) in [6, 6.07) is 8.26. The molecule has 0 spiro atoms. The van der Waals surface area contributed by atoms with E-state index in [-0.39, 0.29) is 0 Å².